The van der Waals surface area contributed by atoms with Gasteiger partial charge in [0.1, 0.15) is 11.5 Å². The van der Waals surface area contributed by atoms with Gasteiger partial charge in [0.15, 0.2) is 0 Å². The van der Waals surface area contributed by atoms with Crippen LogP contribution in [0.4, 0.5) is 5.69 Å². The zero-order chi connectivity index (χ0) is 16.2. The fourth-order valence-corrected chi connectivity index (χ4v) is 4.00. The van der Waals surface area contributed by atoms with Crippen molar-refractivity contribution in [3.8, 4) is 11.5 Å². The highest BCUT2D eigenvalue weighted by molar-refractivity contribution is 7.07. The van der Waals surface area contributed by atoms with E-state index < -0.39 is 0 Å². The van der Waals surface area contributed by atoms with Gasteiger partial charge < -0.3 is 20.1 Å². The number of hydrogen-bond acceptors (Lipinski definition) is 5. The first-order chi connectivity index (χ1) is 11.2. The summed E-state index contributed by atoms with van der Waals surface area (Å²) in [7, 11) is 3.36. The molecule has 1 aromatic heterocycles. The van der Waals surface area contributed by atoms with Gasteiger partial charge in [-0.25, -0.2) is 0 Å². The lowest BCUT2D eigenvalue weighted by Crippen LogP contribution is -2.47. The van der Waals surface area contributed by atoms with E-state index in [0.717, 1.165) is 43.1 Å². The van der Waals surface area contributed by atoms with Crippen LogP contribution in [0.15, 0.2) is 35.0 Å². The molecule has 4 nitrogen and oxygen atoms in total. The van der Waals surface area contributed by atoms with E-state index >= 15 is 0 Å². The minimum atomic E-state index is 0.199. The molecule has 1 fully saturated rings. The highest BCUT2D eigenvalue weighted by Crippen LogP contribution is 2.31. The highest BCUT2D eigenvalue weighted by Gasteiger charge is 2.26. The van der Waals surface area contributed by atoms with Gasteiger partial charge >= 0.3 is 0 Å². The molecule has 124 valence electrons. The molecule has 0 bridgehead atoms. The van der Waals surface area contributed by atoms with E-state index in [1.807, 2.05) is 6.07 Å². The SMILES string of the molecule is COc1cc(OC)cc(N2CC(N)CC(Cc3ccsc3)C2)c1. The summed E-state index contributed by atoms with van der Waals surface area (Å²) in [5.74, 6) is 2.20. The van der Waals surface area contributed by atoms with Gasteiger partial charge in [-0.3, -0.25) is 0 Å². The Bertz CT molecular complexity index is 608. The third-order valence-corrected chi connectivity index (χ3v) is 5.11. The van der Waals surface area contributed by atoms with Gasteiger partial charge in [-0.05, 0) is 41.1 Å². The van der Waals surface area contributed by atoms with Gasteiger partial charge in [-0.15, -0.1) is 0 Å². The van der Waals surface area contributed by atoms with Gasteiger partial charge in [0.25, 0.3) is 0 Å². The summed E-state index contributed by atoms with van der Waals surface area (Å²) in [5, 5.41) is 4.38. The monoisotopic (exact) mass is 332 g/mol. The lowest BCUT2D eigenvalue weighted by atomic mass is 9.89. The molecule has 0 saturated carbocycles. The Hall–Kier alpha value is -1.72. The van der Waals surface area contributed by atoms with Crippen LogP contribution < -0.4 is 20.1 Å². The predicted molar refractivity (Wildman–Crippen MR) is 95.9 cm³/mol. The molecule has 1 aliphatic heterocycles. The Balaban J connectivity index is 1.78. The second kappa shape index (κ2) is 7.23. The Morgan fingerprint density at radius 1 is 1.17 bits per heavy atom. The summed E-state index contributed by atoms with van der Waals surface area (Å²) in [6, 6.07) is 8.43. The Kier molecular flexibility index (Phi) is 5.08. The van der Waals surface area contributed by atoms with Crippen molar-refractivity contribution >= 4 is 17.0 Å². The van der Waals surface area contributed by atoms with Crippen molar-refractivity contribution in [2.75, 3.05) is 32.2 Å². The van der Waals surface area contributed by atoms with Gasteiger partial charge in [-0.2, -0.15) is 11.3 Å². The largest absolute Gasteiger partial charge is 0.497 e. The topological polar surface area (TPSA) is 47.7 Å². The van der Waals surface area contributed by atoms with Gasteiger partial charge in [-0.1, -0.05) is 0 Å². The number of rotatable bonds is 5. The number of anilines is 1. The van der Waals surface area contributed by atoms with Crippen LogP contribution in [0.2, 0.25) is 0 Å². The maximum Gasteiger partial charge on any atom is 0.124 e. The molecule has 2 atom stereocenters. The van der Waals surface area contributed by atoms with Gasteiger partial charge in [0.05, 0.1) is 14.2 Å². The maximum atomic E-state index is 6.32. The molecule has 0 radical (unpaired) electrons. The number of nitrogens with two attached hydrogens (primary N) is 1. The molecule has 2 aromatic rings. The molecule has 1 aliphatic rings. The molecule has 2 heterocycles. The lowest BCUT2D eigenvalue weighted by molar-refractivity contribution is 0.371. The second-order valence-corrected chi connectivity index (χ2v) is 6.95. The number of piperidine rings is 1. The van der Waals surface area contributed by atoms with Crippen LogP contribution in [0, 0.1) is 5.92 Å². The van der Waals surface area contributed by atoms with Crippen molar-refractivity contribution in [1.29, 1.82) is 0 Å². The summed E-state index contributed by atoms with van der Waals surface area (Å²) < 4.78 is 10.8. The van der Waals surface area contributed by atoms with Gasteiger partial charge in [0.2, 0.25) is 0 Å². The fraction of sp³-hybridized carbons (Fsp3) is 0.444. The Labute approximate surface area is 141 Å². The second-order valence-electron chi connectivity index (χ2n) is 6.17. The Morgan fingerprint density at radius 2 is 1.91 bits per heavy atom. The van der Waals surface area contributed by atoms with E-state index in [1.54, 1.807) is 25.6 Å². The number of thiophene rings is 1. The van der Waals surface area contributed by atoms with E-state index in [1.165, 1.54) is 5.56 Å². The molecular weight excluding hydrogens is 308 g/mol. The quantitative estimate of drug-likeness (QED) is 0.914. The van der Waals surface area contributed by atoms with Gasteiger partial charge in [0, 0.05) is 43.0 Å². The summed E-state index contributed by atoms with van der Waals surface area (Å²) in [6.07, 6.45) is 2.17. The number of methoxy groups -OCH3 is 2. The summed E-state index contributed by atoms with van der Waals surface area (Å²) in [6.45, 7) is 1.89. The van der Waals surface area contributed by atoms with Crippen LogP contribution in [-0.4, -0.2) is 33.4 Å². The maximum absolute atomic E-state index is 6.32. The molecule has 0 amide bonds. The molecule has 2 N–H and O–H groups in total. The molecule has 0 aliphatic carbocycles. The van der Waals surface area contributed by atoms with E-state index in [9.17, 15) is 0 Å². The first kappa shape index (κ1) is 16.1. The molecule has 5 heteroatoms. The summed E-state index contributed by atoms with van der Waals surface area (Å²) >= 11 is 1.76. The van der Waals surface area contributed by atoms with Crippen molar-refractivity contribution < 1.29 is 9.47 Å². The third kappa shape index (κ3) is 3.98. The molecule has 1 saturated heterocycles. The number of nitrogens with zero attached hydrogens (tertiary/aromatic N) is 1. The van der Waals surface area contributed by atoms with Crippen molar-refractivity contribution in [3.05, 3.63) is 40.6 Å². The molecule has 2 unspecified atom stereocenters. The van der Waals surface area contributed by atoms with E-state index in [2.05, 4.69) is 33.9 Å². The average molecular weight is 332 g/mol. The van der Waals surface area contributed by atoms with Crippen LogP contribution in [0.3, 0.4) is 0 Å². The molecule has 3 rings (SSSR count). The van der Waals surface area contributed by atoms with Crippen molar-refractivity contribution in [2.24, 2.45) is 11.7 Å². The van der Waals surface area contributed by atoms with Crippen molar-refractivity contribution in [1.82, 2.24) is 0 Å². The lowest BCUT2D eigenvalue weighted by Gasteiger charge is -2.38. The molecular formula is C18H24N2O2S. The van der Waals surface area contributed by atoms with Crippen molar-refractivity contribution in [2.45, 2.75) is 18.9 Å². The molecule has 23 heavy (non-hydrogen) atoms. The highest BCUT2D eigenvalue weighted by atomic mass is 32.1. The first-order valence-corrected chi connectivity index (χ1v) is 8.87. The smallest absolute Gasteiger partial charge is 0.124 e. The third-order valence-electron chi connectivity index (χ3n) is 4.38. The zero-order valence-electron chi connectivity index (χ0n) is 13.7. The molecule has 0 spiro atoms. The van der Waals surface area contributed by atoms with Crippen LogP contribution in [-0.2, 0) is 6.42 Å². The zero-order valence-corrected chi connectivity index (χ0v) is 14.5. The standard InChI is InChI=1S/C18H24N2O2S/c1-21-17-7-16(8-18(9-17)22-2)20-10-14(6-15(19)11-20)5-13-3-4-23-12-13/h3-4,7-9,12,14-15H,5-6,10-11,19H2,1-2H3. The van der Waals surface area contributed by atoms with Crippen LogP contribution >= 0.6 is 11.3 Å². The summed E-state index contributed by atoms with van der Waals surface area (Å²) in [5.41, 5.74) is 8.85. The van der Waals surface area contributed by atoms with Crippen LogP contribution in [0.25, 0.3) is 0 Å². The predicted octanol–water partition coefficient (Wildman–Crippen LogP) is 3.16. The summed E-state index contributed by atoms with van der Waals surface area (Å²) in [4.78, 5) is 2.36. The number of hydrogen-bond donors (Lipinski definition) is 1. The number of benzene rings is 1. The minimum Gasteiger partial charge on any atom is -0.497 e. The Morgan fingerprint density at radius 3 is 2.52 bits per heavy atom. The molecule has 1 aromatic carbocycles. The van der Waals surface area contributed by atoms with Crippen molar-refractivity contribution in [3.63, 3.8) is 0 Å². The normalized spacial score (nSPS) is 21.3. The van der Waals surface area contributed by atoms with E-state index in [-0.39, 0.29) is 6.04 Å². The van der Waals surface area contributed by atoms with Crippen LogP contribution in [0.1, 0.15) is 12.0 Å². The average Bonchev–Trinajstić information content (AvgIpc) is 3.06. The first-order valence-electron chi connectivity index (χ1n) is 7.92. The fourth-order valence-electron chi connectivity index (χ4n) is 3.32. The minimum absolute atomic E-state index is 0.199. The number of ether oxygens (including phenoxy) is 2. The van der Waals surface area contributed by atoms with E-state index in [0.29, 0.717) is 5.92 Å². The van der Waals surface area contributed by atoms with Crippen LogP contribution in [0.5, 0.6) is 11.5 Å². The van der Waals surface area contributed by atoms with E-state index in [4.69, 9.17) is 15.2 Å².